The Kier molecular flexibility index (Phi) is 3.69. The van der Waals surface area contributed by atoms with Gasteiger partial charge in [0.2, 0.25) is 0 Å². The fourth-order valence-electron chi connectivity index (χ4n) is 2.37. The average molecular weight is 226 g/mol. The lowest BCUT2D eigenvalue weighted by Crippen LogP contribution is -2.53. The summed E-state index contributed by atoms with van der Waals surface area (Å²) in [6, 6.07) is 0.450. The van der Waals surface area contributed by atoms with Crippen LogP contribution in [0.5, 0.6) is 0 Å². The monoisotopic (exact) mass is 226 g/mol. The smallest absolute Gasteiger partial charge is 0.317 e. The number of rotatable bonds is 3. The molecule has 92 valence electrons. The minimum absolute atomic E-state index is 0.0255. The first-order valence-corrected chi connectivity index (χ1v) is 6.47. The van der Waals surface area contributed by atoms with Crippen LogP contribution in [-0.4, -0.2) is 40.8 Å². The molecule has 0 aromatic heterocycles. The number of aliphatic hydroxyl groups is 1. The van der Waals surface area contributed by atoms with Crippen molar-refractivity contribution in [3.63, 3.8) is 0 Å². The van der Waals surface area contributed by atoms with E-state index in [4.69, 9.17) is 0 Å². The molecule has 4 nitrogen and oxygen atoms in total. The van der Waals surface area contributed by atoms with Crippen molar-refractivity contribution in [1.29, 1.82) is 0 Å². The zero-order chi connectivity index (χ0) is 11.5. The van der Waals surface area contributed by atoms with Crippen molar-refractivity contribution in [2.24, 2.45) is 0 Å². The highest BCUT2D eigenvalue weighted by molar-refractivity contribution is 5.75. The van der Waals surface area contributed by atoms with Gasteiger partial charge >= 0.3 is 6.03 Å². The van der Waals surface area contributed by atoms with Crippen molar-refractivity contribution in [3.8, 4) is 0 Å². The summed E-state index contributed by atoms with van der Waals surface area (Å²) in [7, 11) is 0. The normalized spacial score (nSPS) is 27.6. The van der Waals surface area contributed by atoms with E-state index >= 15 is 0 Å². The van der Waals surface area contributed by atoms with Crippen molar-refractivity contribution < 1.29 is 9.90 Å². The van der Waals surface area contributed by atoms with Crippen LogP contribution in [0.3, 0.4) is 0 Å². The summed E-state index contributed by atoms with van der Waals surface area (Å²) in [5.41, 5.74) is 0. The van der Waals surface area contributed by atoms with Crippen molar-refractivity contribution >= 4 is 6.03 Å². The highest BCUT2D eigenvalue weighted by atomic mass is 16.3. The quantitative estimate of drug-likeness (QED) is 0.766. The predicted octanol–water partition coefficient (Wildman–Crippen LogP) is 1.48. The number of nitrogens with zero attached hydrogens (tertiary/aromatic N) is 1. The van der Waals surface area contributed by atoms with Crippen LogP contribution in [0.2, 0.25) is 0 Å². The second-order valence-electron chi connectivity index (χ2n) is 4.96. The van der Waals surface area contributed by atoms with Crippen LogP contribution in [-0.2, 0) is 0 Å². The zero-order valence-corrected chi connectivity index (χ0v) is 9.98. The van der Waals surface area contributed by atoms with E-state index < -0.39 is 0 Å². The fraction of sp³-hybridized carbons (Fsp3) is 0.917. The Morgan fingerprint density at radius 3 is 2.81 bits per heavy atom. The van der Waals surface area contributed by atoms with E-state index in [2.05, 4.69) is 5.32 Å². The lowest BCUT2D eigenvalue weighted by Gasteiger charge is -2.38. The number of nitrogens with one attached hydrogen (secondary N) is 1. The molecular formula is C12H22N2O2. The maximum absolute atomic E-state index is 12.0. The van der Waals surface area contributed by atoms with Gasteiger partial charge in [0.25, 0.3) is 0 Å². The highest BCUT2D eigenvalue weighted by Gasteiger charge is 2.33. The standard InChI is InChI=1S/C12H22N2O2/c1-2-11(15)10-5-3-4-8-14(10)12(16)13-9-6-7-9/h9-11,15H,2-8H2,1H3,(H,13,16)/t10-,11+/m1/s1. The summed E-state index contributed by atoms with van der Waals surface area (Å²) in [4.78, 5) is 13.8. The van der Waals surface area contributed by atoms with Gasteiger partial charge in [0.1, 0.15) is 0 Å². The Hall–Kier alpha value is -0.770. The van der Waals surface area contributed by atoms with Crippen LogP contribution >= 0.6 is 0 Å². The Labute approximate surface area is 97.0 Å². The second-order valence-corrected chi connectivity index (χ2v) is 4.96. The van der Waals surface area contributed by atoms with Crippen LogP contribution < -0.4 is 5.32 Å². The number of hydrogen-bond donors (Lipinski definition) is 2. The van der Waals surface area contributed by atoms with Crippen molar-refractivity contribution in [1.82, 2.24) is 10.2 Å². The molecule has 1 heterocycles. The van der Waals surface area contributed by atoms with E-state index in [0.717, 1.165) is 45.1 Å². The molecule has 0 aromatic rings. The topological polar surface area (TPSA) is 52.6 Å². The first-order valence-electron chi connectivity index (χ1n) is 6.47. The minimum atomic E-state index is -0.370. The van der Waals surface area contributed by atoms with Gasteiger partial charge in [-0.25, -0.2) is 4.79 Å². The van der Waals surface area contributed by atoms with Crippen LogP contribution in [0.15, 0.2) is 0 Å². The van der Waals surface area contributed by atoms with Gasteiger partial charge in [0, 0.05) is 12.6 Å². The number of hydrogen-bond acceptors (Lipinski definition) is 2. The summed E-state index contributed by atoms with van der Waals surface area (Å²) < 4.78 is 0. The maximum Gasteiger partial charge on any atom is 0.317 e. The van der Waals surface area contributed by atoms with E-state index in [1.165, 1.54) is 0 Å². The number of urea groups is 1. The third-order valence-corrected chi connectivity index (χ3v) is 3.58. The average Bonchev–Trinajstić information content (AvgIpc) is 3.12. The van der Waals surface area contributed by atoms with Gasteiger partial charge < -0.3 is 15.3 Å². The third-order valence-electron chi connectivity index (χ3n) is 3.58. The molecule has 1 aliphatic carbocycles. The largest absolute Gasteiger partial charge is 0.391 e. The molecule has 1 saturated heterocycles. The van der Waals surface area contributed by atoms with Crippen LogP contribution in [0.1, 0.15) is 45.4 Å². The van der Waals surface area contributed by atoms with E-state index in [-0.39, 0.29) is 18.2 Å². The van der Waals surface area contributed by atoms with Gasteiger partial charge in [0.15, 0.2) is 0 Å². The molecule has 1 aliphatic heterocycles. The van der Waals surface area contributed by atoms with Crippen LogP contribution in [0, 0.1) is 0 Å². The van der Waals surface area contributed by atoms with Gasteiger partial charge in [-0.1, -0.05) is 6.92 Å². The van der Waals surface area contributed by atoms with E-state index in [1.54, 1.807) is 0 Å². The second kappa shape index (κ2) is 5.04. The van der Waals surface area contributed by atoms with Gasteiger partial charge in [-0.3, -0.25) is 0 Å². The molecule has 0 unspecified atom stereocenters. The van der Waals surface area contributed by atoms with Crippen molar-refractivity contribution in [3.05, 3.63) is 0 Å². The van der Waals surface area contributed by atoms with E-state index in [1.807, 2.05) is 11.8 Å². The van der Waals surface area contributed by atoms with Crippen LogP contribution in [0.25, 0.3) is 0 Å². The molecule has 0 radical (unpaired) electrons. The molecule has 1 saturated carbocycles. The Morgan fingerprint density at radius 2 is 2.19 bits per heavy atom. The van der Waals surface area contributed by atoms with Gasteiger partial charge in [-0.05, 0) is 38.5 Å². The lowest BCUT2D eigenvalue weighted by atomic mass is 9.96. The summed E-state index contributed by atoms with van der Waals surface area (Å²) in [6.45, 7) is 2.76. The first-order chi connectivity index (χ1) is 7.72. The maximum atomic E-state index is 12.0. The summed E-state index contributed by atoms with van der Waals surface area (Å²) in [5.74, 6) is 0. The first kappa shape index (κ1) is 11.7. The van der Waals surface area contributed by atoms with Gasteiger partial charge in [0.05, 0.1) is 12.1 Å². The third kappa shape index (κ3) is 2.67. The Morgan fingerprint density at radius 1 is 1.44 bits per heavy atom. The Balaban J connectivity index is 1.94. The number of amides is 2. The fourth-order valence-corrected chi connectivity index (χ4v) is 2.37. The molecule has 2 rings (SSSR count). The summed E-state index contributed by atoms with van der Waals surface area (Å²) in [6.07, 6.45) is 5.69. The van der Waals surface area contributed by atoms with E-state index in [9.17, 15) is 9.90 Å². The van der Waals surface area contributed by atoms with E-state index in [0.29, 0.717) is 6.04 Å². The molecule has 0 aromatic carbocycles. The summed E-state index contributed by atoms with van der Waals surface area (Å²) >= 11 is 0. The molecular weight excluding hydrogens is 204 g/mol. The Bertz CT molecular complexity index is 253. The number of carbonyl (C=O) groups is 1. The predicted molar refractivity (Wildman–Crippen MR) is 62.2 cm³/mol. The summed E-state index contributed by atoms with van der Waals surface area (Å²) in [5, 5.41) is 12.9. The van der Waals surface area contributed by atoms with Crippen LogP contribution in [0.4, 0.5) is 4.79 Å². The molecule has 2 atom stereocenters. The SMILES string of the molecule is CC[C@H](O)[C@H]1CCCCN1C(=O)NC1CC1. The number of aliphatic hydroxyl groups excluding tert-OH is 1. The minimum Gasteiger partial charge on any atom is -0.391 e. The molecule has 2 N–H and O–H groups in total. The molecule has 2 amide bonds. The lowest BCUT2D eigenvalue weighted by molar-refractivity contribution is 0.0433. The number of likely N-dealkylation sites (tertiary alicyclic amines) is 1. The highest BCUT2D eigenvalue weighted by Crippen LogP contribution is 2.23. The van der Waals surface area contributed by atoms with Gasteiger partial charge in [-0.2, -0.15) is 0 Å². The molecule has 2 fully saturated rings. The molecule has 16 heavy (non-hydrogen) atoms. The van der Waals surface area contributed by atoms with Gasteiger partial charge in [-0.15, -0.1) is 0 Å². The van der Waals surface area contributed by atoms with Crippen molar-refractivity contribution in [2.45, 2.75) is 63.6 Å². The zero-order valence-electron chi connectivity index (χ0n) is 9.98. The molecule has 0 bridgehead atoms. The molecule has 0 spiro atoms. The molecule has 2 aliphatic rings. The number of carbonyl (C=O) groups excluding carboxylic acids is 1. The number of piperidine rings is 1. The molecule has 4 heteroatoms. The van der Waals surface area contributed by atoms with Crippen molar-refractivity contribution in [2.75, 3.05) is 6.54 Å².